The van der Waals surface area contributed by atoms with Crippen molar-refractivity contribution in [3.63, 3.8) is 0 Å². The Bertz CT molecular complexity index is 888. The SMILES string of the molecule is COc1cc(C(=O)N2CCCC([C@@H]3C[C@H](C(F)F)n4nc(C)cc4N3)C2)ccn1. The van der Waals surface area contributed by atoms with Crippen molar-refractivity contribution in [3.8, 4) is 5.88 Å². The number of nitrogens with zero attached hydrogens (tertiary/aromatic N) is 4. The molecule has 4 rings (SSSR count). The van der Waals surface area contributed by atoms with Gasteiger partial charge in [-0.3, -0.25) is 4.79 Å². The Labute approximate surface area is 168 Å². The minimum absolute atomic E-state index is 0.0856. The first-order valence-corrected chi connectivity index (χ1v) is 9.86. The molecule has 3 atom stereocenters. The van der Waals surface area contributed by atoms with Crippen molar-refractivity contribution in [2.45, 2.75) is 44.7 Å². The van der Waals surface area contributed by atoms with E-state index in [1.54, 1.807) is 36.2 Å². The topological polar surface area (TPSA) is 72.3 Å². The van der Waals surface area contributed by atoms with E-state index in [2.05, 4.69) is 15.4 Å². The molecule has 0 radical (unpaired) electrons. The molecule has 1 unspecified atom stereocenters. The third kappa shape index (κ3) is 3.90. The zero-order valence-corrected chi connectivity index (χ0v) is 16.5. The van der Waals surface area contributed by atoms with Gasteiger partial charge in [-0.05, 0) is 38.2 Å². The van der Waals surface area contributed by atoms with Gasteiger partial charge in [0.2, 0.25) is 5.88 Å². The average Bonchev–Trinajstić information content (AvgIpc) is 3.12. The summed E-state index contributed by atoms with van der Waals surface area (Å²) < 4.78 is 33.9. The number of anilines is 1. The monoisotopic (exact) mass is 405 g/mol. The van der Waals surface area contributed by atoms with E-state index >= 15 is 0 Å². The molecule has 2 aliphatic heterocycles. The molecule has 9 heteroatoms. The Morgan fingerprint density at radius 3 is 2.97 bits per heavy atom. The van der Waals surface area contributed by atoms with Crippen molar-refractivity contribution in [1.29, 1.82) is 0 Å². The number of amides is 1. The third-order valence-electron chi connectivity index (χ3n) is 5.80. The number of nitrogens with one attached hydrogen (secondary N) is 1. The highest BCUT2D eigenvalue weighted by Crippen LogP contribution is 2.36. The second kappa shape index (κ2) is 7.96. The number of fused-ring (bicyclic) bond motifs is 1. The Hall–Kier alpha value is -2.71. The lowest BCUT2D eigenvalue weighted by Crippen LogP contribution is -2.48. The number of hydrogen-bond acceptors (Lipinski definition) is 5. The van der Waals surface area contributed by atoms with Crippen LogP contribution in [0.1, 0.15) is 41.4 Å². The summed E-state index contributed by atoms with van der Waals surface area (Å²) in [5.74, 6) is 1.03. The fraction of sp³-hybridized carbons (Fsp3) is 0.550. The lowest BCUT2D eigenvalue weighted by Gasteiger charge is -2.41. The number of pyridine rings is 1. The summed E-state index contributed by atoms with van der Waals surface area (Å²) in [7, 11) is 1.51. The summed E-state index contributed by atoms with van der Waals surface area (Å²) in [5.41, 5.74) is 1.24. The van der Waals surface area contributed by atoms with Gasteiger partial charge in [0.05, 0.1) is 12.8 Å². The molecular formula is C20H25F2N5O2. The van der Waals surface area contributed by atoms with Crippen molar-refractivity contribution in [2.75, 3.05) is 25.5 Å². The van der Waals surface area contributed by atoms with E-state index in [9.17, 15) is 13.6 Å². The van der Waals surface area contributed by atoms with Crippen LogP contribution in [0.3, 0.4) is 0 Å². The molecule has 0 saturated carbocycles. The zero-order chi connectivity index (χ0) is 20.5. The first kappa shape index (κ1) is 19.6. The van der Waals surface area contributed by atoms with Crippen molar-refractivity contribution >= 4 is 11.7 Å². The van der Waals surface area contributed by atoms with Crippen LogP contribution in [0.5, 0.6) is 5.88 Å². The van der Waals surface area contributed by atoms with Crippen molar-refractivity contribution in [3.05, 3.63) is 35.7 Å². The maximum absolute atomic E-state index is 13.7. The van der Waals surface area contributed by atoms with Gasteiger partial charge in [0.25, 0.3) is 12.3 Å². The number of carbonyl (C=O) groups excluding carboxylic acids is 1. The molecule has 7 nitrogen and oxygen atoms in total. The molecule has 4 heterocycles. The van der Waals surface area contributed by atoms with E-state index in [0.29, 0.717) is 42.5 Å². The molecular weight excluding hydrogens is 380 g/mol. The maximum atomic E-state index is 13.7. The fourth-order valence-electron chi connectivity index (χ4n) is 4.37. The molecule has 0 bridgehead atoms. The quantitative estimate of drug-likeness (QED) is 0.846. The third-order valence-corrected chi connectivity index (χ3v) is 5.80. The van der Waals surface area contributed by atoms with Gasteiger partial charge in [0.1, 0.15) is 11.9 Å². The Kier molecular flexibility index (Phi) is 5.38. The number of halogens is 2. The zero-order valence-electron chi connectivity index (χ0n) is 16.5. The van der Waals surface area contributed by atoms with E-state index in [4.69, 9.17) is 4.74 Å². The summed E-state index contributed by atoms with van der Waals surface area (Å²) in [6.07, 6.45) is 1.09. The molecule has 0 spiro atoms. The first-order chi connectivity index (χ1) is 14.0. The van der Waals surface area contributed by atoms with Crippen molar-refractivity contribution in [2.24, 2.45) is 5.92 Å². The van der Waals surface area contributed by atoms with Crippen molar-refractivity contribution in [1.82, 2.24) is 19.7 Å². The number of rotatable bonds is 4. The minimum Gasteiger partial charge on any atom is -0.481 e. The molecule has 0 aliphatic carbocycles. The van der Waals surface area contributed by atoms with Gasteiger partial charge in [0, 0.05) is 43.0 Å². The highest BCUT2D eigenvalue weighted by Gasteiger charge is 2.38. The number of aryl methyl sites for hydroxylation is 1. The molecule has 1 fully saturated rings. The molecule has 29 heavy (non-hydrogen) atoms. The van der Waals surface area contributed by atoms with E-state index < -0.39 is 12.5 Å². The van der Waals surface area contributed by atoms with Crippen LogP contribution < -0.4 is 10.1 Å². The number of carbonyl (C=O) groups is 1. The summed E-state index contributed by atoms with van der Waals surface area (Å²) in [5, 5.41) is 7.61. The van der Waals surface area contributed by atoms with Crippen LogP contribution in [0.15, 0.2) is 24.4 Å². The van der Waals surface area contributed by atoms with Crippen LogP contribution >= 0.6 is 0 Å². The van der Waals surface area contributed by atoms with E-state index in [1.165, 1.54) is 11.8 Å². The van der Waals surface area contributed by atoms with E-state index in [0.717, 1.165) is 12.8 Å². The van der Waals surface area contributed by atoms with Crippen LogP contribution in [0.4, 0.5) is 14.6 Å². The number of alkyl halides is 2. The van der Waals surface area contributed by atoms with Gasteiger partial charge in [-0.15, -0.1) is 0 Å². The Balaban J connectivity index is 1.50. The Morgan fingerprint density at radius 2 is 2.21 bits per heavy atom. The van der Waals surface area contributed by atoms with Gasteiger partial charge in [-0.2, -0.15) is 5.10 Å². The number of ether oxygens (including phenoxy) is 1. The highest BCUT2D eigenvalue weighted by atomic mass is 19.3. The molecule has 2 aromatic rings. The summed E-state index contributed by atoms with van der Waals surface area (Å²) in [4.78, 5) is 18.8. The number of likely N-dealkylation sites (tertiary alicyclic amines) is 1. The maximum Gasteiger partial charge on any atom is 0.260 e. The first-order valence-electron chi connectivity index (χ1n) is 9.86. The molecule has 1 saturated heterocycles. The van der Waals surface area contributed by atoms with Crippen LogP contribution in [0.25, 0.3) is 0 Å². The number of piperidine rings is 1. The smallest absolute Gasteiger partial charge is 0.260 e. The van der Waals surface area contributed by atoms with Gasteiger partial charge in [0.15, 0.2) is 0 Å². The Morgan fingerprint density at radius 1 is 1.38 bits per heavy atom. The normalized spacial score (nSPS) is 24.2. The minimum atomic E-state index is -2.48. The number of aromatic nitrogens is 3. The molecule has 2 aromatic heterocycles. The molecule has 1 amide bonds. The van der Waals surface area contributed by atoms with Gasteiger partial charge in [-0.1, -0.05) is 0 Å². The van der Waals surface area contributed by atoms with Gasteiger partial charge < -0.3 is 15.0 Å². The van der Waals surface area contributed by atoms with Crippen molar-refractivity contribution < 1.29 is 18.3 Å². The molecule has 156 valence electrons. The van der Waals surface area contributed by atoms with Gasteiger partial charge >= 0.3 is 0 Å². The number of methoxy groups -OCH3 is 1. The number of hydrogen-bond donors (Lipinski definition) is 1. The largest absolute Gasteiger partial charge is 0.481 e. The molecule has 1 N–H and O–H groups in total. The van der Waals surface area contributed by atoms with E-state index in [-0.39, 0.29) is 17.9 Å². The summed E-state index contributed by atoms with van der Waals surface area (Å²) >= 11 is 0. The van der Waals surface area contributed by atoms with Crippen LogP contribution in [0.2, 0.25) is 0 Å². The predicted molar refractivity (Wildman–Crippen MR) is 103 cm³/mol. The van der Waals surface area contributed by atoms with Crippen LogP contribution in [-0.2, 0) is 0 Å². The second-order valence-electron chi connectivity index (χ2n) is 7.74. The molecule has 2 aliphatic rings. The predicted octanol–water partition coefficient (Wildman–Crippen LogP) is 3.14. The lowest BCUT2D eigenvalue weighted by molar-refractivity contribution is 0.0505. The standard InChI is InChI=1S/C20H25F2N5O2/c1-12-8-17-24-15(10-16(19(21)22)27(17)25-12)14-4-3-7-26(11-14)20(28)13-5-6-23-18(9-13)29-2/h5-6,8-9,14-16,19,24H,3-4,7,10-11H2,1-2H3/t14?,15-,16+/m0/s1. The van der Waals surface area contributed by atoms with Crippen LogP contribution in [-0.4, -0.2) is 58.2 Å². The molecule has 0 aromatic carbocycles. The second-order valence-corrected chi connectivity index (χ2v) is 7.74. The van der Waals surface area contributed by atoms with Gasteiger partial charge in [-0.25, -0.2) is 18.4 Å². The summed E-state index contributed by atoms with van der Waals surface area (Å²) in [6, 6.07) is 4.03. The van der Waals surface area contributed by atoms with Crippen LogP contribution in [0, 0.1) is 12.8 Å². The van der Waals surface area contributed by atoms with E-state index in [1.807, 2.05) is 0 Å². The fourth-order valence-corrected chi connectivity index (χ4v) is 4.37. The summed E-state index contributed by atoms with van der Waals surface area (Å²) in [6.45, 7) is 2.99. The average molecular weight is 405 g/mol. The lowest BCUT2D eigenvalue weighted by atomic mass is 9.85. The highest BCUT2D eigenvalue weighted by molar-refractivity contribution is 5.94.